The number of likely N-dealkylation sites (N-methyl/N-ethyl adjacent to an activating group) is 1. The van der Waals surface area contributed by atoms with Gasteiger partial charge in [-0.15, -0.1) is 0 Å². The molecule has 2 fully saturated rings. The molecule has 0 radical (unpaired) electrons. The highest BCUT2D eigenvalue weighted by Gasteiger charge is 2.42. The Labute approximate surface area is 181 Å². The number of amides is 2. The summed E-state index contributed by atoms with van der Waals surface area (Å²) < 4.78 is 1.67. The van der Waals surface area contributed by atoms with Crippen molar-refractivity contribution in [1.82, 2.24) is 24.9 Å². The summed E-state index contributed by atoms with van der Waals surface area (Å²) in [7, 11) is 3.72. The number of rotatable bonds is 6. The van der Waals surface area contributed by atoms with Crippen LogP contribution in [0.2, 0.25) is 0 Å². The molecule has 2 amide bonds. The van der Waals surface area contributed by atoms with Crippen molar-refractivity contribution in [2.24, 2.45) is 13.0 Å². The Balaban J connectivity index is 1.53. The SMILES string of the molecule is CC(C)c1cc(C(=O)NC[C@@H]2C[C@H]3CC[C@@H](C2)N3CC(=O)N(C)C(C)(C)C)n(C)n1. The van der Waals surface area contributed by atoms with E-state index in [1.54, 1.807) is 4.68 Å². The molecular formula is C23H39N5O2. The topological polar surface area (TPSA) is 70.5 Å². The Hall–Kier alpha value is -1.89. The third kappa shape index (κ3) is 4.88. The molecule has 168 valence electrons. The van der Waals surface area contributed by atoms with Crippen molar-refractivity contribution in [3.8, 4) is 0 Å². The minimum absolute atomic E-state index is 0.0475. The zero-order valence-corrected chi connectivity index (χ0v) is 19.7. The van der Waals surface area contributed by atoms with E-state index in [-0.39, 0.29) is 17.4 Å². The van der Waals surface area contributed by atoms with E-state index in [0.717, 1.165) is 31.4 Å². The summed E-state index contributed by atoms with van der Waals surface area (Å²) in [5, 5.41) is 7.57. The highest BCUT2D eigenvalue weighted by Crippen LogP contribution is 2.38. The first kappa shape index (κ1) is 22.8. The van der Waals surface area contributed by atoms with E-state index in [2.05, 4.69) is 49.9 Å². The van der Waals surface area contributed by atoms with Gasteiger partial charge in [-0.25, -0.2) is 0 Å². The van der Waals surface area contributed by atoms with Crippen molar-refractivity contribution in [1.29, 1.82) is 0 Å². The number of piperidine rings is 1. The second-order valence-electron chi connectivity index (χ2n) is 10.5. The van der Waals surface area contributed by atoms with Crippen molar-refractivity contribution in [3.05, 3.63) is 17.5 Å². The molecule has 0 spiro atoms. The van der Waals surface area contributed by atoms with Gasteiger partial charge >= 0.3 is 0 Å². The number of fused-ring (bicyclic) bond motifs is 2. The number of hydrogen-bond donors (Lipinski definition) is 1. The van der Waals surface area contributed by atoms with E-state index >= 15 is 0 Å². The molecule has 0 aliphatic carbocycles. The summed E-state index contributed by atoms with van der Waals surface area (Å²) in [6, 6.07) is 2.79. The third-order valence-electron chi connectivity index (χ3n) is 6.95. The van der Waals surface area contributed by atoms with Crippen molar-refractivity contribution in [2.45, 2.75) is 83.8 Å². The molecule has 0 saturated carbocycles. The Morgan fingerprint density at radius 2 is 1.83 bits per heavy atom. The number of carbonyl (C=O) groups excluding carboxylic acids is 2. The van der Waals surface area contributed by atoms with Gasteiger partial charge in [-0.2, -0.15) is 5.10 Å². The molecule has 3 heterocycles. The van der Waals surface area contributed by atoms with Gasteiger partial charge < -0.3 is 10.2 Å². The normalized spacial score (nSPS) is 24.3. The van der Waals surface area contributed by atoms with Crippen LogP contribution >= 0.6 is 0 Å². The van der Waals surface area contributed by atoms with Gasteiger partial charge in [0.05, 0.1) is 12.2 Å². The standard InChI is InChI=1S/C23H39N5O2/c1-15(2)19-12-20(27(7)25-19)22(30)24-13-16-10-17-8-9-18(11-16)28(17)14-21(29)26(6)23(3,4)5/h12,15-18H,8-11,13-14H2,1-7H3,(H,24,30)/t16-,17-,18+. The van der Waals surface area contributed by atoms with Crippen molar-refractivity contribution in [3.63, 3.8) is 0 Å². The van der Waals surface area contributed by atoms with Crippen LogP contribution in [-0.4, -0.2) is 69.2 Å². The number of aromatic nitrogens is 2. The van der Waals surface area contributed by atoms with Gasteiger partial charge in [0.25, 0.3) is 5.91 Å². The van der Waals surface area contributed by atoms with Gasteiger partial charge in [-0.1, -0.05) is 13.8 Å². The Morgan fingerprint density at radius 1 is 1.23 bits per heavy atom. The summed E-state index contributed by atoms with van der Waals surface area (Å²) in [5.41, 5.74) is 1.41. The highest BCUT2D eigenvalue weighted by molar-refractivity contribution is 5.92. The molecule has 1 aromatic rings. The van der Waals surface area contributed by atoms with E-state index in [4.69, 9.17) is 0 Å². The fourth-order valence-corrected chi connectivity index (χ4v) is 4.76. The Morgan fingerprint density at radius 3 is 2.33 bits per heavy atom. The van der Waals surface area contributed by atoms with E-state index in [0.29, 0.717) is 42.7 Å². The summed E-state index contributed by atoms with van der Waals surface area (Å²) in [5.74, 6) is 0.922. The molecule has 2 saturated heterocycles. The van der Waals surface area contributed by atoms with Gasteiger partial charge in [-0.3, -0.25) is 19.2 Å². The van der Waals surface area contributed by atoms with E-state index in [1.165, 1.54) is 0 Å². The van der Waals surface area contributed by atoms with Gasteiger partial charge in [-0.05, 0) is 64.4 Å². The van der Waals surface area contributed by atoms with Crippen LogP contribution in [0.25, 0.3) is 0 Å². The number of carbonyl (C=O) groups is 2. The van der Waals surface area contributed by atoms with Gasteiger partial charge in [0.1, 0.15) is 5.69 Å². The zero-order chi connectivity index (χ0) is 22.2. The number of nitrogens with zero attached hydrogens (tertiary/aromatic N) is 4. The minimum Gasteiger partial charge on any atom is -0.350 e. The lowest BCUT2D eigenvalue weighted by Crippen LogP contribution is -2.52. The molecule has 1 N–H and O–H groups in total. The first-order chi connectivity index (χ1) is 14.0. The molecule has 0 unspecified atom stereocenters. The average molecular weight is 418 g/mol. The van der Waals surface area contributed by atoms with Gasteiger partial charge in [0.2, 0.25) is 5.91 Å². The van der Waals surface area contributed by atoms with Gasteiger partial charge in [0, 0.05) is 38.3 Å². The molecule has 7 heteroatoms. The lowest BCUT2D eigenvalue weighted by atomic mass is 9.90. The molecule has 3 atom stereocenters. The van der Waals surface area contributed by atoms with E-state index in [1.807, 2.05) is 25.1 Å². The summed E-state index contributed by atoms with van der Waals surface area (Å²) in [4.78, 5) is 29.7. The van der Waals surface area contributed by atoms with Crippen molar-refractivity contribution < 1.29 is 9.59 Å². The maximum absolute atomic E-state index is 12.7. The van der Waals surface area contributed by atoms with Crippen LogP contribution in [0.4, 0.5) is 0 Å². The quantitative estimate of drug-likeness (QED) is 0.773. The van der Waals surface area contributed by atoms with Crippen LogP contribution in [0.3, 0.4) is 0 Å². The zero-order valence-electron chi connectivity index (χ0n) is 19.7. The van der Waals surface area contributed by atoms with Crippen LogP contribution in [0, 0.1) is 5.92 Å². The second kappa shape index (κ2) is 8.69. The molecule has 2 aliphatic heterocycles. The average Bonchev–Trinajstić information content (AvgIpc) is 3.14. The smallest absolute Gasteiger partial charge is 0.269 e. The Bertz CT molecular complexity index is 765. The molecule has 3 rings (SSSR count). The maximum Gasteiger partial charge on any atom is 0.269 e. The summed E-state index contributed by atoms with van der Waals surface area (Å²) in [6.45, 7) is 11.6. The fourth-order valence-electron chi connectivity index (χ4n) is 4.76. The molecule has 0 aromatic carbocycles. The molecule has 2 bridgehead atoms. The Kier molecular flexibility index (Phi) is 6.60. The first-order valence-electron chi connectivity index (χ1n) is 11.3. The highest BCUT2D eigenvalue weighted by atomic mass is 16.2. The lowest BCUT2D eigenvalue weighted by Gasteiger charge is -2.40. The van der Waals surface area contributed by atoms with Gasteiger partial charge in [0.15, 0.2) is 0 Å². The number of nitrogens with one attached hydrogen (secondary N) is 1. The van der Waals surface area contributed by atoms with Crippen LogP contribution in [0.15, 0.2) is 6.07 Å². The first-order valence-corrected chi connectivity index (χ1v) is 11.3. The predicted molar refractivity (Wildman–Crippen MR) is 118 cm³/mol. The largest absolute Gasteiger partial charge is 0.350 e. The minimum atomic E-state index is -0.153. The summed E-state index contributed by atoms with van der Waals surface area (Å²) >= 11 is 0. The van der Waals surface area contributed by atoms with Crippen molar-refractivity contribution in [2.75, 3.05) is 20.1 Å². The monoisotopic (exact) mass is 417 g/mol. The molecule has 30 heavy (non-hydrogen) atoms. The van der Waals surface area contributed by atoms with E-state index in [9.17, 15) is 9.59 Å². The molecule has 1 aromatic heterocycles. The number of hydrogen-bond acceptors (Lipinski definition) is 4. The fraction of sp³-hybridized carbons (Fsp3) is 0.783. The molecule has 7 nitrogen and oxygen atoms in total. The van der Waals surface area contributed by atoms with Crippen LogP contribution in [0.1, 0.15) is 82.4 Å². The predicted octanol–water partition coefficient (Wildman–Crippen LogP) is 2.77. The molecular weight excluding hydrogens is 378 g/mol. The van der Waals surface area contributed by atoms with E-state index < -0.39 is 0 Å². The molecule has 2 aliphatic rings. The third-order valence-corrected chi connectivity index (χ3v) is 6.95. The van der Waals surface area contributed by atoms with Crippen LogP contribution in [0.5, 0.6) is 0 Å². The van der Waals surface area contributed by atoms with Crippen molar-refractivity contribution >= 4 is 11.8 Å². The van der Waals surface area contributed by atoms with Crippen LogP contribution in [-0.2, 0) is 11.8 Å². The lowest BCUT2D eigenvalue weighted by molar-refractivity contribution is -0.136. The maximum atomic E-state index is 12.7. The van der Waals surface area contributed by atoms with Crippen LogP contribution < -0.4 is 5.32 Å². The number of aryl methyl sites for hydroxylation is 1. The summed E-state index contributed by atoms with van der Waals surface area (Å²) in [6.07, 6.45) is 4.40. The second-order valence-corrected chi connectivity index (χ2v) is 10.5.